The highest BCUT2D eigenvalue weighted by atomic mass is 32.2. The van der Waals surface area contributed by atoms with Crippen molar-refractivity contribution in [3.05, 3.63) is 53.6 Å². The lowest BCUT2D eigenvalue weighted by molar-refractivity contribution is 0.0820. The highest BCUT2D eigenvalue weighted by Gasteiger charge is 2.28. The smallest absolute Gasteiger partial charge is 0.211 e. The molecule has 9 nitrogen and oxygen atoms in total. The molecule has 1 saturated heterocycles. The summed E-state index contributed by atoms with van der Waals surface area (Å²) in [4.78, 5) is 16.5. The standard InChI is InChI=1S/C29H35F2N5O4SSi/c1-41(38,39)35-12-10-20(11-13-35)32-29-27-28(36(34-29)18-40-14-15-42(2,3)4)21-9-8-19(17-37)16-22(21)26(33-27)25-23(30)6-5-7-24(25)31/h5-9,16-17,20H,10-15,18H2,1-4H3,(H,32,34). The number of pyridine rings is 1. The number of sulfonamides is 1. The van der Waals surface area contributed by atoms with E-state index in [-0.39, 0.29) is 24.0 Å². The number of ether oxygens (including phenoxy) is 1. The number of anilines is 1. The molecule has 0 saturated carbocycles. The fourth-order valence-electron chi connectivity index (χ4n) is 5.19. The van der Waals surface area contributed by atoms with E-state index in [0.717, 1.165) is 6.04 Å². The number of piperidine rings is 1. The summed E-state index contributed by atoms with van der Waals surface area (Å²) < 4.78 is 63.4. The number of fused-ring (bicyclic) bond motifs is 3. The Bertz CT molecular complexity index is 1730. The largest absolute Gasteiger partial charge is 0.364 e. The average Bonchev–Trinajstić information content (AvgIpc) is 3.26. The monoisotopic (exact) mass is 615 g/mol. The molecule has 4 aromatic rings. The van der Waals surface area contributed by atoms with Crippen molar-refractivity contribution in [3.8, 4) is 11.3 Å². The number of aromatic nitrogens is 3. The SMILES string of the molecule is C[Si](C)(C)CCOCn1nc(NC2CCN(S(C)(=O)=O)CC2)c2nc(-c3c(F)cccc3F)c3cc(C=O)ccc3c21. The van der Waals surface area contributed by atoms with E-state index in [1.54, 1.807) is 22.9 Å². The van der Waals surface area contributed by atoms with Gasteiger partial charge in [-0.1, -0.05) is 37.8 Å². The van der Waals surface area contributed by atoms with E-state index in [1.165, 1.54) is 28.8 Å². The Kier molecular flexibility index (Phi) is 8.48. The normalized spacial score (nSPS) is 15.5. The Hall–Kier alpha value is -3.26. The molecule has 1 fully saturated rings. The van der Waals surface area contributed by atoms with Gasteiger partial charge in [0.05, 0.1) is 23.0 Å². The minimum Gasteiger partial charge on any atom is -0.364 e. The Labute approximate surface area is 244 Å². The van der Waals surface area contributed by atoms with Crippen molar-refractivity contribution in [1.82, 2.24) is 19.1 Å². The van der Waals surface area contributed by atoms with Crippen LogP contribution in [0.3, 0.4) is 0 Å². The second-order valence-corrected chi connectivity index (χ2v) is 19.6. The van der Waals surface area contributed by atoms with Crippen molar-refractivity contribution in [2.24, 2.45) is 0 Å². The molecule has 0 unspecified atom stereocenters. The lowest BCUT2D eigenvalue weighted by atomic mass is 9.99. The van der Waals surface area contributed by atoms with Gasteiger partial charge in [-0.05, 0) is 37.1 Å². The minimum absolute atomic E-state index is 0.0611. The van der Waals surface area contributed by atoms with Gasteiger partial charge in [0.2, 0.25) is 10.0 Å². The lowest BCUT2D eigenvalue weighted by Crippen LogP contribution is -2.41. The van der Waals surface area contributed by atoms with Gasteiger partial charge in [-0.3, -0.25) is 4.79 Å². The van der Waals surface area contributed by atoms with E-state index in [0.29, 0.717) is 72.0 Å². The number of nitrogens with one attached hydrogen (secondary N) is 1. The third-order valence-electron chi connectivity index (χ3n) is 7.51. The van der Waals surface area contributed by atoms with Gasteiger partial charge < -0.3 is 10.1 Å². The van der Waals surface area contributed by atoms with Crippen molar-refractivity contribution in [3.63, 3.8) is 0 Å². The zero-order chi connectivity index (χ0) is 30.2. The molecule has 3 heterocycles. The van der Waals surface area contributed by atoms with Crippen LogP contribution in [0.4, 0.5) is 14.6 Å². The molecule has 0 atom stereocenters. The summed E-state index contributed by atoms with van der Waals surface area (Å²) in [5.74, 6) is -1.13. The number of rotatable bonds is 10. The number of hydrogen-bond acceptors (Lipinski definition) is 7. The van der Waals surface area contributed by atoms with Gasteiger partial charge in [0.15, 0.2) is 5.82 Å². The summed E-state index contributed by atoms with van der Waals surface area (Å²) in [5.41, 5.74) is 1.12. The molecular weight excluding hydrogens is 580 g/mol. The average molecular weight is 616 g/mol. The Morgan fingerprint density at radius 2 is 1.79 bits per heavy atom. The molecule has 2 aromatic carbocycles. The topological polar surface area (TPSA) is 106 Å². The van der Waals surface area contributed by atoms with Gasteiger partial charge >= 0.3 is 0 Å². The molecule has 0 aliphatic carbocycles. The maximum absolute atomic E-state index is 15.1. The zero-order valence-electron chi connectivity index (χ0n) is 24.2. The first-order valence-corrected chi connectivity index (χ1v) is 19.4. The summed E-state index contributed by atoms with van der Waals surface area (Å²) >= 11 is 0. The Morgan fingerprint density at radius 3 is 2.40 bits per heavy atom. The van der Waals surface area contributed by atoms with E-state index in [2.05, 4.69) is 25.0 Å². The van der Waals surface area contributed by atoms with E-state index in [1.807, 2.05) is 0 Å². The summed E-state index contributed by atoms with van der Waals surface area (Å²) in [6.07, 6.45) is 2.99. The number of nitrogens with zero attached hydrogens (tertiary/aromatic N) is 4. The van der Waals surface area contributed by atoms with Gasteiger partial charge in [0, 0.05) is 50.1 Å². The molecule has 13 heteroatoms. The maximum atomic E-state index is 15.1. The fourth-order valence-corrected chi connectivity index (χ4v) is 6.83. The molecule has 0 bridgehead atoms. The summed E-state index contributed by atoms with van der Waals surface area (Å²) in [6.45, 7) is 8.22. The van der Waals surface area contributed by atoms with E-state index >= 15 is 8.78 Å². The molecule has 0 radical (unpaired) electrons. The first-order chi connectivity index (χ1) is 19.9. The molecular formula is C29H35F2N5O4SSi. The molecule has 0 spiro atoms. The molecule has 42 heavy (non-hydrogen) atoms. The highest BCUT2D eigenvalue weighted by Crippen LogP contribution is 2.38. The van der Waals surface area contributed by atoms with Crippen molar-refractivity contribution < 1.29 is 26.7 Å². The molecule has 224 valence electrons. The number of hydrogen-bond donors (Lipinski definition) is 1. The third-order valence-corrected chi connectivity index (χ3v) is 10.5. The van der Waals surface area contributed by atoms with Crippen molar-refractivity contribution >= 4 is 52.0 Å². The van der Waals surface area contributed by atoms with Crippen LogP contribution in [-0.4, -0.2) is 73.8 Å². The van der Waals surface area contributed by atoms with Crippen LogP contribution in [0.2, 0.25) is 25.7 Å². The van der Waals surface area contributed by atoms with Crippen molar-refractivity contribution in [2.75, 3.05) is 31.3 Å². The third kappa shape index (κ3) is 6.38. The van der Waals surface area contributed by atoms with Gasteiger partial charge in [-0.25, -0.2) is 31.2 Å². The van der Waals surface area contributed by atoms with Crippen LogP contribution in [-0.2, 0) is 21.5 Å². The number of carbonyl (C=O) groups is 1. The molecule has 1 aliphatic rings. The number of carbonyl (C=O) groups excluding carboxylic acids is 1. The van der Waals surface area contributed by atoms with Crippen LogP contribution in [0.1, 0.15) is 23.2 Å². The minimum atomic E-state index is -3.29. The summed E-state index contributed by atoms with van der Waals surface area (Å²) in [6, 6.07) is 9.47. The van der Waals surface area contributed by atoms with Crippen molar-refractivity contribution in [1.29, 1.82) is 0 Å². The molecule has 2 aromatic heterocycles. The van der Waals surface area contributed by atoms with Gasteiger partial charge in [0.1, 0.15) is 30.2 Å². The second kappa shape index (κ2) is 11.8. The number of halogens is 2. The van der Waals surface area contributed by atoms with Crippen LogP contribution < -0.4 is 5.32 Å². The van der Waals surface area contributed by atoms with Crippen LogP contribution >= 0.6 is 0 Å². The first-order valence-electron chi connectivity index (χ1n) is 13.9. The molecule has 1 aliphatic heterocycles. The Balaban J connectivity index is 1.64. The van der Waals surface area contributed by atoms with Crippen LogP contribution in [0, 0.1) is 11.6 Å². The Morgan fingerprint density at radius 1 is 1.10 bits per heavy atom. The maximum Gasteiger partial charge on any atom is 0.211 e. The predicted octanol–water partition coefficient (Wildman–Crippen LogP) is 5.49. The van der Waals surface area contributed by atoms with Gasteiger partial charge in [-0.2, -0.15) is 5.10 Å². The summed E-state index contributed by atoms with van der Waals surface area (Å²) in [5, 5.41) is 9.24. The zero-order valence-corrected chi connectivity index (χ0v) is 26.0. The van der Waals surface area contributed by atoms with Crippen LogP contribution in [0.5, 0.6) is 0 Å². The van der Waals surface area contributed by atoms with Gasteiger partial charge in [-0.15, -0.1) is 0 Å². The number of benzene rings is 2. The van der Waals surface area contributed by atoms with Crippen LogP contribution in [0.25, 0.3) is 33.1 Å². The second-order valence-electron chi connectivity index (χ2n) is 12.0. The van der Waals surface area contributed by atoms with E-state index in [4.69, 9.17) is 14.8 Å². The van der Waals surface area contributed by atoms with Gasteiger partial charge in [0.25, 0.3) is 0 Å². The van der Waals surface area contributed by atoms with Crippen molar-refractivity contribution in [2.45, 2.75) is 51.3 Å². The highest BCUT2D eigenvalue weighted by molar-refractivity contribution is 7.88. The fraction of sp³-hybridized carbons (Fsp3) is 0.414. The van der Waals surface area contributed by atoms with E-state index < -0.39 is 29.7 Å². The number of aldehydes is 1. The summed E-state index contributed by atoms with van der Waals surface area (Å²) in [7, 11) is -4.62. The van der Waals surface area contributed by atoms with E-state index in [9.17, 15) is 13.2 Å². The van der Waals surface area contributed by atoms with Crippen LogP contribution in [0.15, 0.2) is 36.4 Å². The molecule has 5 rings (SSSR count). The molecule has 1 N–H and O–H groups in total. The molecule has 0 amide bonds. The first kappa shape index (κ1) is 30.2. The predicted molar refractivity (Wildman–Crippen MR) is 163 cm³/mol. The lowest BCUT2D eigenvalue weighted by Gasteiger charge is -2.30. The quantitative estimate of drug-likeness (QED) is 0.143.